The lowest BCUT2D eigenvalue weighted by atomic mass is 9.93. The first kappa shape index (κ1) is 26.1. The van der Waals surface area contributed by atoms with Gasteiger partial charge in [-0.15, -0.1) is 0 Å². The van der Waals surface area contributed by atoms with Gasteiger partial charge in [0.15, 0.2) is 0 Å². The molecule has 0 aliphatic heterocycles. The molecule has 0 amide bonds. The molecule has 0 aliphatic carbocycles. The van der Waals surface area contributed by atoms with E-state index in [1.165, 1.54) is 37.7 Å². The predicted octanol–water partition coefficient (Wildman–Crippen LogP) is 3.85. The van der Waals surface area contributed by atoms with Crippen molar-refractivity contribution in [1.29, 1.82) is 0 Å². The largest absolute Gasteiger partial charge is 0.465 e. The van der Waals surface area contributed by atoms with Crippen molar-refractivity contribution in [3.05, 3.63) is 11.6 Å². The highest BCUT2D eigenvalue weighted by molar-refractivity contribution is 5.69. The number of aliphatic hydroxyl groups excluding tert-OH is 3. The molecule has 0 rings (SSSR count). The number of allylic oxidation sites excluding steroid dienone is 2. The predicted molar refractivity (Wildman–Crippen MR) is 109 cm³/mol. The third-order valence-electron chi connectivity index (χ3n) is 5.13. The van der Waals surface area contributed by atoms with Gasteiger partial charge >= 0.3 is 5.97 Å². The molecule has 0 aromatic heterocycles. The van der Waals surface area contributed by atoms with E-state index < -0.39 is 25.2 Å². The Balaban J connectivity index is 3.93. The molecule has 0 saturated heterocycles. The van der Waals surface area contributed by atoms with Crippen molar-refractivity contribution < 1.29 is 24.9 Å². The van der Waals surface area contributed by atoms with Gasteiger partial charge < -0.3 is 20.1 Å². The highest BCUT2D eigenvalue weighted by Crippen LogP contribution is 2.19. The third kappa shape index (κ3) is 13.0. The molecule has 3 N–H and O–H groups in total. The zero-order valence-electron chi connectivity index (χ0n) is 17.9. The number of carbonyl (C=O) groups excluding carboxylic acids is 1. The Labute approximate surface area is 165 Å². The molecule has 0 spiro atoms. The first-order chi connectivity index (χ1) is 12.8. The van der Waals surface area contributed by atoms with Crippen molar-refractivity contribution in [3.8, 4) is 0 Å². The van der Waals surface area contributed by atoms with E-state index in [2.05, 4.69) is 33.8 Å². The molecule has 1 unspecified atom stereocenters. The number of rotatable bonds is 16. The average molecular weight is 387 g/mol. The van der Waals surface area contributed by atoms with E-state index in [1.807, 2.05) is 0 Å². The smallest absolute Gasteiger partial charge is 0.306 e. The summed E-state index contributed by atoms with van der Waals surface area (Å²) in [5, 5.41) is 27.6. The third-order valence-corrected chi connectivity index (χ3v) is 5.13. The first-order valence-corrected chi connectivity index (χ1v) is 10.4. The van der Waals surface area contributed by atoms with Crippen molar-refractivity contribution in [2.24, 2.45) is 17.3 Å². The molecular weight excluding hydrogens is 344 g/mol. The van der Waals surface area contributed by atoms with Crippen molar-refractivity contribution in [2.75, 3.05) is 26.4 Å². The molecule has 0 aromatic carbocycles. The van der Waals surface area contributed by atoms with Gasteiger partial charge in [-0.3, -0.25) is 4.79 Å². The van der Waals surface area contributed by atoms with Gasteiger partial charge in [-0.05, 0) is 38.0 Å². The fraction of sp³-hybridized carbons (Fsp3) is 0.864. The van der Waals surface area contributed by atoms with Gasteiger partial charge in [-0.1, -0.05) is 58.1 Å². The van der Waals surface area contributed by atoms with Gasteiger partial charge in [-0.2, -0.15) is 0 Å². The second kappa shape index (κ2) is 15.1. The van der Waals surface area contributed by atoms with E-state index in [4.69, 9.17) is 4.74 Å². The minimum absolute atomic E-state index is 0.174. The maximum absolute atomic E-state index is 11.8. The molecule has 0 aliphatic rings. The highest BCUT2D eigenvalue weighted by atomic mass is 16.5. The molecule has 0 aromatic rings. The molecule has 0 saturated carbocycles. The SMILES string of the molecule is C/C(=C\CCC(=O)OCC(CO)(CO)CO)CCCC(C)CCCC(C)C. The quantitative estimate of drug-likeness (QED) is 0.277. The molecule has 0 radical (unpaired) electrons. The van der Waals surface area contributed by atoms with E-state index in [1.54, 1.807) is 0 Å². The summed E-state index contributed by atoms with van der Waals surface area (Å²) in [7, 11) is 0. The zero-order chi connectivity index (χ0) is 20.7. The lowest BCUT2D eigenvalue weighted by Crippen LogP contribution is -2.39. The topological polar surface area (TPSA) is 87.0 Å². The van der Waals surface area contributed by atoms with Gasteiger partial charge in [0.1, 0.15) is 6.61 Å². The van der Waals surface area contributed by atoms with Gasteiger partial charge in [0.05, 0.1) is 25.2 Å². The van der Waals surface area contributed by atoms with E-state index in [0.717, 1.165) is 18.3 Å². The van der Waals surface area contributed by atoms with Crippen LogP contribution in [-0.4, -0.2) is 47.7 Å². The molecule has 0 fully saturated rings. The average Bonchev–Trinajstić information content (AvgIpc) is 2.63. The van der Waals surface area contributed by atoms with Crippen LogP contribution in [0, 0.1) is 17.3 Å². The number of hydrogen-bond acceptors (Lipinski definition) is 5. The van der Waals surface area contributed by atoms with Gasteiger partial charge in [0.25, 0.3) is 0 Å². The Bertz CT molecular complexity index is 405. The van der Waals surface area contributed by atoms with Crippen LogP contribution in [0.2, 0.25) is 0 Å². The number of ether oxygens (including phenoxy) is 1. The maximum Gasteiger partial charge on any atom is 0.306 e. The van der Waals surface area contributed by atoms with Crippen LogP contribution in [0.15, 0.2) is 11.6 Å². The summed E-state index contributed by atoms with van der Waals surface area (Å²) in [4.78, 5) is 11.8. The minimum atomic E-state index is -1.16. The van der Waals surface area contributed by atoms with Crippen LogP contribution in [0.25, 0.3) is 0 Å². The minimum Gasteiger partial charge on any atom is -0.465 e. The molecule has 0 heterocycles. The van der Waals surface area contributed by atoms with Crippen LogP contribution in [0.3, 0.4) is 0 Å². The summed E-state index contributed by atoms with van der Waals surface area (Å²) in [5.74, 6) is 1.19. The van der Waals surface area contributed by atoms with Gasteiger partial charge in [-0.25, -0.2) is 0 Å². The monoisotopic (exact) mass is 386 g/mol. The summed E-state index contributed by atoms with van der Waals surface area (Å²) in [6.45, 7) is 7.52. The zero-order valence-corrected chi connectivity index (χ0v) is 17.9. The number of carbonyl (C=O) groups is 1. The first-order valence-electron chi connectivity index (χ1n) is 10.4. The highest BCUT2D eigenvalue weighted by Gasteiger charge is 2.29. The standard InChI is InChI=1S/C22H42O5/c1-18(2)8-5-9-19(3)10-6-11-20(4)12-7-13-21(26)27-17-22(14-23,15-24)16-25/h12,18-19,23-25H,5-11,13-17H2,1-4H3/b20-12+. The van der Waals surface area contributed by atoms with Gasteiger partial charge in [0, 0.05) is 6.42 Å². The molecule has 1 atom stereocenters. The number of hydrogen-bond donors (Lipinski definition) is 3. The summed E-state index contributed by atoms with van der Waals surface area (Å²) in [6, 6.07) is 0. The van der Waals surface area contributed by atoms with Crippen molar-refractivity contribution in [1.82, 2.24) is 0 Å². The van der Waals surface area contributed by atoms with Crippen molar-refractivity contribution in [2.45, 2.75) is 79.1 Å². The lowest BCUT2D eigenvalue weighted by molar-refractivity contribution is -0.151. The molecule has 5 heteroatoms. The van der Waals surface area contributed by atoms with Crippen LogP contribution >= 0.6 is 0 Å². The second-order valence-corrected chi connectivity index (χ2v) is 8.55. The summed E-state index contributed by atoms with van der Waals surface area (Å²) < 4.78 is 5.08. The fourth-order valence-electron chi connectivity index (χ4n) is 2.88. The van der Waals surface area contributed by atoms with Crippen LogP contribution in [0.5, 0.6) is 0 Å². The summed E-state index contributed by atoms with van der Waals surface area (Å²) in [6.07, 6.45) is 10.4. The lowest BCUT2D eigenvalue weighted by Gasteiger charge is -2.26. The molecular formula is C22H42O5. The van der Waals surface area contributed by atoms with Crippen LogP contribution < -0.4 is 0 Å². The Morgan fingerprint density at radius 3 is 2.11 bits per heavy atom. The number of esters is 1. The Kier molecular flexibility index (Phi) is 14.6. The molecule has 0 bridgehead atoms. The van der Waals surface area contributed by atoms with Crippen molar-refractivity contribution >= 4 is 5.97 Å². The second-order valence-electron chi connectivity index (χ2n) is 8.55. The Hall–Kier alpha value is -0.910. The maximum atomic E-state index is 11.8. The van der Waals surface area contributed by atoms with E-state index in [9.17, 15) is 20.1 Å². The molecule has 5 nitrogen and oxygen atoms in total. The Morgan fingerprint density at radius 1 is 0.963 bits per heavy atom. The molecule has 27 heavy (non-hydrogen) atoms. The Morgan fingerprint density at radius 2 is 1.56 bits per heavy atom. The van der Waals surface area contributed by atoms with E-state index >= 15 is 0 Å². The van der Waals surface area contributed by atoms with Crippen LogP contribution in [-0.2, 0) is 9.53 Å². The van der Waals surface area contributed by atoms with Gasteiger partial charge in [0.2, 0.25) is 0 Å². The number of aliphatic hydroxyl groups is 3. The molecule has 160 valence electrons. The summed E-state index contributed by atoms with van der Waals surface area (Å²) in [5.41, 5.74) is 0.139. The van der Waals surface area contributed by atoms with Crippen molar-refractivity contribution in [3.63, 3.8) is 0 Å². The van der Waals surface area contributed by atoms with Crippen LogP contribution in [0.1, 0.15) is 79.1 Å². The summed E-state index contributed by atoms with van der Waals surface area (Å²) >= 11 is 0. The van der Waals surface area contributed by atoms with E-state index in [0.29, 0.717) is 6.42 Å². The van der Waals surface area contributed by atoms with E-state index in [-0.39, 0.29) is 19.0 Å². The normalized spacial score (nSPS) is 13.9. The fourth-order valence-corrected chi connectivity index (χ4v) is 2.88. The van der Waals surface area contributed by atoms with Crippen LogP contribution in [0.4, 0.5) is 0 Å².